The van der Waals surface area contributed by atoms with E-state index in [4.69, 9.17) is 0 Å². The number of rotatable bonds is 4. The Morgan fingerprint density at radius 2 is 1.97 bits per heavy atom. The van der Waals surface area contributed by atoms with Gasteiger partial charge in [0.1, 0.15) is 11.6 Å². The van der Waals surface area contributed by atoms with E-state index in [0.29, 0.717) is 38.3 Å². The lowest BCUT2D eigenvalue weighted by molar-refractivity contribution is -0.120. The first-order chi connectivity index (χ1) is 14.9. The van der Waals surface area contributed by atoms with Crippen molar-refractivity contribution in [3.63, 3.8) is 0 Å². The Kier molecular flexibility index (Phi) is 5.91. The monoisotopic (exact) mass is 426 g/mol. The number of nitrogens with one attached hydrogen (secondary N) is 1. The van der Waals surface area contributed by atoms with Crippen LogP contribution in [0.2, 0.25) is 0 Å². The van der Waals surface area contributed by atoms with E-state index >= 15 is 0 Å². The van der Waals surface area contributed by atoms with E-state index in [9.17, 15) is 19.1 Å². The molecule has 0 aliphatic carbocycles. The molecule has 31 heavy (non-hydrogen) atoms. The standard InChI is InChI=1S/C23H27FN4O3/c1-14-9-15(2)21(25-11-14)27-5-7-28(8-6-27)23(31)18-4-3-16(10-19(18)24)20-17(13-29)12-26-22(20)30/h3-4,9-11,17,20,29H,5-8,12-13H2,1-2H3,(H,26,30)/t17?,20-/m0/s1. The number of carbonyl (C=O) groups excluding carboxylic acids is 2. The van der Waals surface area contributed by atoms with Gasteiger partial charge in [-0.25, -0.2) is 9.37 Å². The number of nitrogens with zero attached hydrogens (tertiary/aromatic N) is 3. The van der Waals surface area contributed by atoms with E-state index in [0.717, 1.165) is 16.9 Å². The first kappa shape index (κ1) is 21.2. The van der Waals surface area contributed by atoms with Gasteiger partial charge in [-0.2, -0.15) is 0 Å². The van der Waals surface area contributed by atoms with Gasteiger partial charge in [-0.15, -0.1) is 0 Å². The molecule has 2 atom stereocenters. The fourth-order valence-electron chi connectivity index (χ4n) is 4.50. The van der Waals surface area contributed by atoms with Gasteiger partial charge in [0, 0.05) is 51.4 Å². The van der Waals surface area contributed by atoms with Crippen molar-refractivity contribution in [2.75, 3.05) is 44.2 Å². The minimum Gasteiger partial charge on any atom is -0.396 e. The molecule has 1 aromatic carbocycles. The quantitative estimate of drug-likeness (QED) is 0.776. The molecule has 2 N–H and O–H groups in total. The van der Waals surface area contributed by atoms with Crippen LogP contribution in [0.25, 0.3) is 0 Å². The maximum atomic E-state index is 14.8. The van der Waals surface area contributed by atoms with Crippen LogP contribution in [0.4, 0.5) is 10.2 Å². The van der Waals surface area contributed by atoms with Crippen molar-refractivity contribution < 1.29 is 19.1 Å². The fourth-order valence-corrected chi connectivity index (χ4v) is 4.50. The second kappa shape index (κ2) is 8.63. The van der Waals surface area contributed by atoms with Crippen LogP contribution in [0.3, 0.4) is 0 Å². The highest BCUT2D eigenvalue weighted by Crippen LogP contribution is 2.30. The third kappa shape index (κ3) is 4.12. The Labute approximate surface area is 180 Å². The number of aryl methyl sites for hydroxylation is 2. The summed E-state index contributed by atoms with van der Waals surface area (Å²) in [4.78, 5) is 33.3. The number of benzene rings is 1. The summed E-state index contributed by atoms with van der Waals surface area (Å²) in [5.74, 6) is -1.20. The molecule has 7 nitrogen and oxygen atoms in total. The molecular formula is C23H27FN4O3. The van der Waals surface area contributed by atoms with Crippen LogP contribution in [-0.2, 0) is 4.79 Å². The molecule has 4 rings (SSSR count). The maximum absolute atomic E-state index is 14.8. The number of carbonyl (C=O) groups is 2. The molecule has 2 aliphatic rings. The highest BCUT2D eigenvalue weighted by atomic mass is 19.1. The number of hydrogen-bond donors (Lipinski definition) is 2. The van der Waals surface area contributed by atoms with Crippen molar-refractivity contribution in [1.29, 1.82) is 0 Å². The van der Waals surface area contributed by atoms with Crippen LogP contribution >= 0.6 is 0 Å². The number of hydrogen-bond acceptors (Lipinski definition) is 5. The van der Waals surface area contributed by atoms with Crippen molar-refractivity contribution in [2.45, 2.75) is 19.8 Å². The summed E-state index contributed by atoms with van der Waals surface area (Å²) in [5.41, 5.74) is 2.68. The molecule has 3 heterocycles. The summed E-state index contributed by atoms with van der Waals surface area (Å²) in [6, 6.07) is 6.40. The fraction of sp³-hybridized carbons (Fsp3) is 0.435. The minimum absolute atomic E-state index is 0.000736. The largest absolute Gasteiger partial charge is 0.396 e. The van der Waals surface area contributed by atoms with Crippen LogP contribution in [-0.4, -0.2) is 66.1 Å². The lowest BCUT2D eigenvalue weighted by Crippen LogP contribution is -2.49. The van der Waals surface area contributed by atoms with Crippen molar-refractivity contribution in [2.24, 2.45) is 5.92 Å². The van der Waals surface area contributed by atoms with Crippen LogP contribution in [0, 0.1) is 25.6 Å². The third-order valence-corrected chi connectivity index (χ3v) is 6.16. The van der Waals surface area contributed by atoms with Gasteiger partial charge < -0.3 is 20.2 Å². The molecule has 0 spiro atoms. The van der Waals surface area contributed by atoms with Gasteiger partial charge in [-0.05, 0) is 42.7 Å². The number of amides is 2. The first-order valence-electron chi connectivity index (χ1n) is 10.5. The van der Waals surface area contributed by atoms with E-state index in [1.807, 2.05) is 20.0 Å². The second-order valence-corrected chi connectivity index (χ2v) is 8.34. The number of pyridine rings is 1. The summed E-state index contributed by atoms with van der Waals surface area (Å²) >= 11 is 0. The van der Waals surface area contributed by atoms with Crippen molar-refractivity contribution >= 4 is 17.6 Å². The highest BCUT2D eigenvalue weighted by Gasteiger charge is 2.36. The molecule has 0 radical (unpaired) electrons. The SMILES string of the molecule is Cc1cnc(N2CCN(C(=O)c3ccc([C@@H]4C(=O)NCC4CO)cc3F)CC2)c(C)c1. The lowest BCUT2D eigenvalue weighted by atomic mass is 9.88. The third-order valence-electron chi connectivity index (χ3n) is 6.16. The molecule has 0 bridgehead atoms. The molecule has 8 heteroatoms. The average molecular weight is 426 g/mol. The minimum atomic E-state index is -0.641. The Bertz CT molecular complexity index is 1000. The molecule has 2 fully saturated rings. The number of aliphatic hydroxyl groups is 1. The molecule has 164 valence electrons. The van der Waals surface area contributed by atoms with Crippen molar-refractivity contribution in [3.05, 3.63) is 58.5 Å². The van der Waals surface area contributed by atoms with Crippen LogP contribution in [0.1, 0.15) is 33.0 Å². The number of anilines is 1. The Morgan fingerprint density at radius 3 is 2.61 bits per heavy atom. The van der Waals surface area contributed by atoms with Crippen molar-refractivity contribution in [3.8, 4) is 0 Å². The summed E-state index contributed by atoms with van der Waals surface area (Å²) in [6.45, 7) is 6.44. The molecule has 0 saturated carbocycles. The van der Waals surface area contributed by atoms with Crippen LogP contribution < -0.4 is 10.2 Å². The van der Waals surface area contributed by atoms with Gasteiger partial charge in [0.05, 0.1) is 11.5 Å². The topological polar surface area (TPSA) is 85.8 Å². The molecule has 2 aliphatic heterocycles. The van der Waals surface area contributed by atoms with Crippen molar-refractivity contribution in [1.82, 2.24) is 15.2 Å². The van der Waals surface area contributed by atoms with Gasteiger partial charge in [-0.1, -0.05) is 12.1 Å². The predicted octanol–water partition coefficient (Wildman–Crippen LogP) is 1.62. The summed E-state index contributed by atoms with van der Waals surface area (Å²) < 4.78 is 14.8. The van der Waals surface area contributed by atoms with Crippen LogP contribution in [0.5, 0.6) is 0 Å². The Balaban J connectivity index is 1.45. The van der Waals surface area contributed by atoms with Gasteiger partial charge >= 0.3 is 0 Å². The number of halogens is 1. The van der Waals surface area contributed by atoms with Gasteiger partial charge in [0.15, 0.2) is 0 Å². The average Bonchev–Trinajstić information content (AvgIpc) is 3.14. The summed E-state index contributed by atoms with van der Waals surface area (Å²) in [6.07, 6.45) is 1.84. The van der Waals surface area contributed by atoms with Crippen LogP contribution in [0.15, 0.2) is 30.5 Å². The van der Waals surface area contributed by atoms with Gasteiger partial charge in [0.25, 0.3) is 5.91 Å². The number of aromatic nitrogens is 1. The summed E-state index contributed by atoms with van der Waals surface area (Å²) in [5, 5.41) is 12.2. The molecule has 2 saturated heterocycles. The zero-order valence-electron chi connectivity index (χ0n) is 17.8. The van der Waals surface area contributed by atoms with E-state index < -0.39 is 11.7 Å². The zero-order valence-corrected chi connectivity index (χ0v) is 17.8. The van der Waals surface area contributed by atoms with Gasteiger partial charge in [-0.3, -0.25) is 9.59 Å². The first-order valence-corrected chi connectivity index (χ1v) is 10.5. The maximum Gasteiger partial charge on any atom is 0.256 e. The van der Waals surface area contributed by atoms with E-state index in [1.165, 1.54) is 12.1 Å². The van der Waals surface area contributed by atoms with E-state index in [1.54, 1.807) is 11.0 Å². The molecule has 2 amide bonds. The Morgan fingerprint density at radius 1 is 1.23 bits per heavy atom. The number of piperazine rings is 1. The second-order valence-electron chi connectivity index (χ2n) is 8.34. The smallest absolute Gasteiger partial charge is 0.256 e. The zero-order chi connectivity index (χ0) is 22.1. The van der Waals surface area contributed by atoms with Gasteiger partial charge in [0.2, 0.25) is 5.91 Å². The normalized spacial score (nSPS) is 21.4. The number of aliphatic hydroxyl groups excluding tert-OH is 1. The summed E-state index contributed by atoms with van der Waals surface area (Å²) in [7, 11) is 0. The molecule has 1 unspecified atom stereocenters. The molecule has 2 aromatic rings. The predicted molar refractivity (Wildman–Crippen MR) is 115 cm³/mol. The molecular weight excluding hydrogens is 399 g/mol. The van der Waals surface area contributed by atoms with E-state index in [-0.39, 0.29) is 29.9 Å². The van der Waals surface area contributed by atoms with E-state index in [2.05, 4.69) is 21.3 Å². The molecule has 1 aromatic heterocycles. The Hall–Kier alpha value is -3.00. The highest BCUT2D eigenvalue weighted by molar-refractivity contribution is 5.95. The lowest BCUT2D eigenvalue weighted by Gasteiger charge is -2.36.